The SMILES string of the molecule is CC[C@H](Oc1ccc(N(C)S(C)(=O)=O)cc1)C(=O)Nc1ccc(OC)c(Cl)c1. The van der Waals surface area contributed by atoms with E-state index in [-0.39, 0.29) is 5.91 Å². The van der Waals surface area contributed by atoms with Crippen molar-refractivity contribution in [1.29, 1.82) is 0 Å². The highest BCUT2D eigenvalue weighted by Crippen LogP contribution is 2.27. The van der Waals surface area contributed by atoms with Gasteiger partial charge in [0.25, 0.3) is 5.91 Å². The molecule has 152 valence electrons. The van der Waals surface area contributed by atoms with Crippen LogP contribution in [0.3, 0.4) is 0 Å². The van der Waals surface area contributed by atoms with Gasteiger partial charge in [-0.2, -0.15) is 0 Å². The molecule has 7 nitrogen and oxygen atoms in total. The highest BCUT2D eigenvalue weighted by molar-refractivity contribution is 7.92. The van der Waals surface area contributed by atoms with Crippen LogP contribution < -0.4 is 19.1 Å². The topological polar surface area (TPSA) is 84.9 Å². The fourth-order valence-electron chi connectivity index (χ4n) is 2.38. The van der Waals surface area contributed by atoms with Crippen LogP contribution in [0.1, 0.15) is 13.3 Å². The van der Waals surface area contributed by atoms with Crippen LogP contribution in [0.5, 0.6) is 11.5 Å². The van der Waals surface area contributed by atoms with E-state index in [0.29, 0.717) is 34.3 Å². The molecular weight excluding hydrogens is 404 g/mol. The molecule has 0 spiro atoms. The van der Waals surface area contributed by atoms with Crippen molar-refractivity contribution in [1.82, 2.24) is 0 Å². The number of hydrogen-bond donors (Lipinski definition) is 1. The molecule has 0 heterocycles. The summed E-state index contributed by atoms with van der Waals surface area (Å²) in [5.74, 6) is 0.656. The number of carbonyl (C=O) groups is 1. The molecular formula is C19H23ClN2O5S. The molecule has 2 aromatic rings. The van der Waals surface area contributed by atoms with E-state index in [0.717, 1.165) is 10.6 Å². The first-order chi connectivity index (χ1) is 13.2. The Morgan fingerprint density at radius 2 is 1.86 bits per heavy atom. The minimum absolute atomic E-state index is 0.318. The summed E-state index contributed by atoms with van der Waals surface area (Å²) in [4.78, 5) is 12.5. The van der Waals surface area contributed by atoms with Gasteiger partial charge in [0.2, 0.25) is 10.0 Å². The average molecular weight is 427 g/mol. The molecule has 0 aliphatic carbocycles. The van der Waals surface area contributed by atoms with Crippen LogP contribution in [-0.2, 0) is 14.8 Å². The van der Waals surface area contributed by atoms with Crippen LogP contribution >= 0.6 is 11.6 Å². The molecule has 0 aliphatic heterocycles. The number of rotatable bonds is 8. The largest absolute Gasteiger partial charge is 0.495 e. The first-order valence-corrected chi connectivity index (χ1v) is 10.7. The monoisotopic (exact) mass is 426 g/mol. The Labute approximate surface area is 170 Å². The molecule has 0 saturated carbocycles. The molecule has 2 aromatic carbocycles. The first-order valence-electron chi connectivity index (χ1n) is 8.50. The summed E-state index contributed by atoms with van der Waals surface area (Å²) < 4.78 is 35.2. The lowest BCUT2D eigenvalue weighted by atomic mass is 10.2. The molecule has 2 rings (SSSR count). The normalized spacial score (nSPS) is 12.2. The summed E-state index contributed by atoms with van der Waals surface area (Å²) in [7, 11) is -0.365. The Bertz CT molecular complexity index is 932. The van der Waals surface area contributed by atoms with E-state index in [2.05, 4.69) is 5.32 Å². The number of ether oxygens (including phenoxy) is 2. The molecule has 1 N–H and O–H groups in total. The minimum Gasteiger partial charge on any atom is -0.495 e. The van der Waals surface area contributed by atoms with Crippen molar-refractivity contribution in [2.24, 2.45) is 0 Å². The van der Waals surface area contributed by atoms with Gasteiger partial charge in [0.1, 0.15) is 11.5 Å². The van der Waals surface area contributed by atoms with Gasteiger partial charge >= 0.3 is 0 Å². The van der Waals surface area contributed by atoms with Crippen molar-refractivity contribution in [3.05, 3.63) is 47.5 Å². The number of amides is 1. The Morgan fingerprint density at radius 1 is 1.21 bits per heavy atom. The maximum absolute atomic E-state index is 12.5. The fourth-order valence-corrected chi connectivity index (χ4v) is 3.14. The Balaban J connectivity index is 2.07. The second kappa shape index (κ2) is 9.16. The third kappa shape index (κ3) is 5.53. The lowest BCUT2D eigenvalue weighted by Crippen LogP contribution is -2.32. The third-order valence-corrected chi connectivity index (χ3v) is 5.56. The van der Waals surface area contributed by atoms with Gasteiger partial charge < -0.3 is 14.8 Å². The predicted octanol–water partition coefficient (Wildman–Crippen LogP) is 3.54. The third-order valence-electron chi connectivity index (χ3n) is 4.06. The molecule has 0 bridgehead atoms. The fraction of sp³-hybridized carbons (Fsp3) is 0.316. The van der Waals surface area contributed by atoms with E-state index in [4.69, 9.17) is 21.1 Å². The minimum atomic E-state index is -3.34. The van der Waals surface area contributed by atoms with E-state index in [1.165, 1.54) is 14.2 Å². The highest BCUT2D eigenvalue weighted by Gasteiger charge is 2.19. The summed E-state index contributed by atoms with van der Waals surface area (Å²) in [6.07, 6.45) is 0.848. The lowest BCUT2D eigenvalue weighted by molar-refractivity contribution is -0.122. The van der Waals surface area contributed by atoms with Gasteiger partial charge in [0, 0.05) is 12.7 Å². The number of sulfonamides is 1. The molecule has 1 atom stereocenters. The van der Waals surface area contributed by atoms with E-state index < -0.39 is 16.1 Å². The Morgan fingerprint density at radius 3 is 2.36 bits per heavy atom. The van der Waals surface area contributed by atoms with Crippen molar-refractivity contribution in [3.8, 4) is 11.5 Å². The maximum Gasteiger partial charge on any atom is 0.265 e. The summed E-state index contributed by atoms with van der Waals surface area (Å²) in [5.41, 5.74) is 1.03. The molecule has 1 amide bonds. The van der Waals surface area contributed by atoms with E-state index in [1.807, 2.05) is 6.92 Å². The van der Waals surface area contributed by atoms with Crippen molar-refractivity contribution >= 4 is 38.9 Å². The van der Waals surface area contributed by atoms with Crippen LogP contribution in [0, 0.1) is 0 Å². The van der Waals surface area contributed by atoms with Crippen molar-refractivity contribution in [2.75, 3.05) is 30.0 Å². The zero-order chi connectivity index (χ0) is 20.9. The first kappa shape index (κ1) is 21.8. The van der Waals surface area contributed by atoms with Crippen LogP contribution in [0.25, 0.3) is 0 Å². The molecule has 0 radical (unpaired) electrons. The molecule has 0 unspecified atom stereocenters. The van der Waals surface area contributed by atoms with Gasteiger partial charge in [-0.05, 0) is 48.9 Å². The average Bonchev–Trinajstić information content (AvgIpc) is 2.65. The van der Waals surface area contributed by atoms with Gasteiger partial charge in [0.15, 0.2) is 6.10 Å². The summed E-state index contributed by atoms with van der Waals surface area (Å²) in [5, 5.41) is 3.15. The molecule has 0 fully saturated rings. The van der Waals surface area contributed by atoms with Crippen LogP contribution in [0.15, 0.2) is 42.5 Å². The van der Waals surface area contributed by atoms with Gasteiger partial charge in [-0.1, -0.05) is 18.5 Å². The number of benzene rings is 2. The highest BCUT2D eigenvalue weighted by atomic mass is 35.5. The molecule has 0 aliphatic rings. The zero-order valence-corrected chi connectivity index (χ0v) is 17.7. The molecule has 0 saturated heterocycles. The van der Waals surface area contributed by atoms with Crippen molar-refractivity contribution in [3.63, 3.8) is 0 Å². The summed E-state index contributed by atoms with van der Waals surface area (Å²) in [6.45, 7) is 1.83. The molecule has 28 heavy (non-hydrogen) atoms. The van der Waals surface area contributed by atoms with Crippen LogP contribution in [0.4, 0.5) is 11.4 Å². The van der Waals surface area contributed by atoms with Gasteiger partial charge in [-0.15, -0.1) is 0 Å². The number of methoxy groups -OCH3 is 1. The van der Waals surface area contributed by atoms with Gasteiger partial charge in [-0.3, -0.25) is 9.10 Å². The van der Waals surface area contributed by atoms with E-state index in [1.54, 1.807) is 42.5 Å². The van der Waals surface area contributed by atoms with Gasteiger partial charge in [0.05, 0.1) is 24.1 Å². The van der Waals surface area contributed by atoms with Crippen LogP contribution in [-0.4, -0.2) is 40.8 Å². The maximum atomic E-state index is 12.5. The molecule has 0 aromatic heterocycles. The van der Waals surface area contributed by atoms with Gasteiger partial charge in [-0.25, -0.2) is 8.42 Å². The summed E-state index contributed by atoms with van der Waals surface area (Å²) in [6, 6.07) is 11.4. The number of nitrogens with one attached hydrogen (secondary N) is 1. The van der Waals surface area contributed by atoms with E-state index in [9.17, 15) is 13.2 Å². The number of carbonyl (C=O) groups excluding carboxylic acids is 1. The second-order valence-electron chi connectivity index (χ2n) is 6.08. The number of hydrogen-bond acceptors (Lipinski definition) is 5. The van der Waals surface area contributed by atoms with Crippen molar-refractivity contribution < 1.29 is 22.7 Å². The lowest BCUT2D eigenvalue weighted by Gasteiger charge is -2.19. The standard InChI is InChI=1S/C19H23ClN2O5S/c1-5-17(19(23)21-13-6-11-18(26-3)16(20)12-13)27-15-9-7-14(8-10-15)22(2)28(4,24)25/h6-12,17H,5H2,1-4H3,(H,21,23)/t17-/m0/s1. The van der Waals surface area contributed by atoms with E-state index >= 15 is 0 Å². The quantitative estimate of drug-likeness (QED) is 0.697. The Hall–Kier alpha value is -2.45. The Kier molecular flexibility index (Phi) is 7.15. The zero-order valence-electron chi connectivity index (χ0n) is 16.1. The number of nitrogens with zero attached hydrogens (tertiary/aromatic N) is 1. The second-order valence-corrected chi connectivity index (χ2v) is 8.50. The number of halogens is 1. The van der Waals surface area contributed by atoms with Crippen LogP contribution in [0.2, 0.25) is 5.02 Å². The smallest absolute Gasteiger partial charge is 0.265 e. The molecule has 9 heteroatoms. The number of anilines is 2. The van der Waals surface area contributed by atoms with Crippen molar-refractivity contribution in [2.45, 2.75) is 19.4 Å². The predicted molar refractivity (Wildman–Crippen MR) is 111 cm³/mol. The summed E-state index contributed by atoms with van der Waals surface area (Å²) >= 11 is 6.07.